The van der Waals surface area contributed by atoms with E-state index in [0.717, 1.165) is 5.75 Å². The minimum Gasteiger partial charge on any atom is -0.481 e. The molecule has 0 spiro atoms. The van der Waals surface area contributed by atoms with Gasteiger partial charge in [0.2, 0.25) is 0 Å². The molecule has 0 N–H and O–H groups in total. The lowest BCUT2D eigenvalue weighted by atomic mass is 10.0. The van der Waals surface area contributed by atoms with Crippen LogP contribution in [0.4, 0.5) is 0 Å². The van der Waals surface area contributed by atoms with E-state index < -0.39 is 0 Å². The van der Waals surface area contributed by atoms with Crippen molar-refractivity contribution in [1.82, 2.24) is 0 Å². The highest BCUT2D eigenvalue weighted by molar-refractivity contribution is 8.00. The molecule has 0 fully saturated rings. The van der Waals surface area contributed by atoms with E-state index in [9.17, 15) is 0 Å². The van der Waals surface area contributed by atoms with Gasteiger partial charge in [-0.3, -0.25) is 0 Å². The number of ether oxygens (including phenoxy) is 1. The van der Waals surface area contributed by atoms with Crippen LogP contribution in [0.5, 0.6) is 5.75 Å². The maximum atomic E-state index is 6.23. The van der Waals surface area contributed by atoms with Crippen molar-refractivity contribution >= 4 is 11.8 Å². The van der Waals surface area contributed by atoms with Crippen LogP contribution < -0.4 is 4.74 Å². The Morgan fingerprint density at radius 2 is 2.11 bits per heavy atom. The SMILES string of the molecule is CC(C)=C/C=C/[C@@]1(C)Oc2ccc(C)cc2S[C@H]1C. The molecule has 0 saturated heterocycles. The molecule has 0 radical (unpaired) electrons. The molecule has 2 heteroatoms. The molecule has 0 amide bonds. The van der Waals surface area contributed by atoms with E-state index >= 15 is 0 Å². The maximum Gasteiger partial charge on any atom is 0.137 e. The first-order chi connectivity index (χ1) is 8.90. The molecule has 0 bridgehead atoms. The van der Waals surface area contributed by atoms with E-state index in [-0.39, 0.29) is 5.60 Å². The Bertz CT molecular complexity index is 526. The summed E-state index contributed by atoms with van der Waals surface area (Å²) in [4.78, 5) is 1.25. The van der Waals surface area contributed by atoms with E-state index in [4.69, 9.17) is 4.74 Å². The summed E-state index contributed by atoms with van der Waals surface area (Å²) in [5.41, 5.74) is 2.33. The lowest BCUT2D eigenvalue weighted by Crippen LogP contribution is -2.41. The Balaban J connectivity index is 2.27. The van der Waals surface area contributed by atoms with Gasteiger partial charge in [-0.25, -0.2) is 0 Å². The predicted molar refractivity (Wildman–Crippen MR) is 84.1 cm³/mol. The Labute approximate surface area is 120 Å². The second-order valence-electron chi connectivity index (χ2n) is 5.60. The average Bonchev–Trinajstić information content (AvgIpc) is 2.31. The molecule has 0 aliphatic carbocycles. The second kappa shape index (κ2) is 5.46. The first-order valence-electron chi connectivity index (χ1n) is 6.70. The Morgan fingerprint density at radius 1 is 1.37 bits per heavy atom. The number of fused-ring (bicyclic) bond motifs is 1. The summed E-state index contributed by atoms with van der Waals surface area (Å²) in [5.74, 6) is 0.998. The van der Waals surface area contributed by atoms with Gasteiger partial charge in [-0.05, 0) is 58.4 Å². The second-order valence-corrected chi connectivity index (χ2v) is 6.98. The van der Waals surface area contributed by atoms with Gasteiger partial charge in [-0.1, -0.05) is 23.8 Å². The van der Waals surface area contributed by atoms with Crippen LogP contribution in [-0.2, 0) is 0 Å². The monoisotopic (exact) mass is 274 g/mol. The normalized spacial score (nSPS) is 25.8. The third-order valence-electron chi connectivity index (χ3n) is 3.40. The fraction of sp³-hybridized carbons (Fsp3) is 0.412. The lowest BCUT2D eigenvalue weighted by molar-refractivity contribution is 0.132. The molecule has 1 aliphatic rings. The van der Waals surface area contributed by atoms with Crippen molar-refractivity contribution in [2.45, 2.75) is 50.4 Å². The standard InChI is InChI=1S/C17H22OS/c1-12(2)7-6-10-17(5)14(4)19-16-11-13(3)8-9-15(16)18-17/h6-11,14H,1-5H3/b10-6+/t14-,17+/m0/s1. The number of aryl methyl sites for hydroxylation is 1. The van der Waals surface area contributed by atoms with E-state index in [1.165, 1.54) is 16.0 Å². The van der Waals surface area contributed by atoms with Crippen molar-refractivity contribution in [3.05, 3.63) is 47.6 Å². The van der Waals surface area contributed by atoms with Crippen LogP contribution in [0.15, 0.2) is 46.9 Å². The summed E-state index contributed by atoms with van der Waals surface area (Å²) >= 11 is 1.89. The smallest absolute Gasteiger partial charge is 0.137 e. The molecule has 2 rings (SSSR count). The third-order valence-corrected chi connectivity index (χ3v) is 4.79. The zero-order chi connectivity index (χ0) is 14.0. The van der Waals surface area contributed by atoms with Crippen LogP contribution in [0.3, 0.4) is 0 Å². The Kier molecular flexibility index (Phi) is 4.10. The van der Waals surface area contributed by atoms with E-state index in [0.29, 0.717) is 5.25 Å². The molecule has 102 valence electrons. The van der Waals surface area contributed by atoms with Gasteiger partial charge in [0.05, 0.1) is 10.1 Å². The van der Waals surface area contributed by atoms with Crippen molar-refractivity contribution in [3.8, 4) is 5.75 Å². The number of hydrogen-bond donors (Lipinski definition) is 0. The fourth-order valence-corrected chi connectivity index (χ4v) is 3.24. The van der Waals surface area contributed by atoms with Gasteiger partial charge in [0.25, 0.3) is 0 Å². The van der Waals surface area contributed by atoms with Gasteiger partial charge in [-0.15, -0.1) is 11.8 Å². The van der Waals surface area contributed by atoms with Gasteiger partial charge in [0.1, 0.15) is 11.4 Å². The van der Waals surface area contributed by atoms with Gasteiger partial charge in [0.15, 0.2) is 0 Å². The zero-order valence-corrected chi connectivity index (χ0v) is 13.2. The minimum absolute atomic E-state index is 0.251. The molecular weight excluding hydrogens is 252 g/mol. The first kappa shape index (κ1) is 14.3. The van der Waals surface area contributed by atoms with Crippen LogP contribution in [0, 0.1) is 6.92 Å². The number of hydrogen-bond acceptors (Lipinski definition) is 2. The number of allylic oxidation sites excluding steroid dienone is 3. The Morgan fingerprint density at radius 3 is 2.79 bits per heavy atom. The van der Waals surface area contributed by atoms with Crippen LogP contribution in [0.25, 0.3) is 0 Å². The Hall–Kier alpha value is -1.15. The van der Waals surface area contributed by atoms with Crippen LogP contribution in [0.1, 0.15) is 33.3 Å². The number of rotatable bonds is 2. The molecule has 19 heavy (non-hydrogen) atoms. The summed E-state index contributed by atoms with van der Waals surface area (Å²) < 4.78 is 6.23. The van der Waals surface area contributed by atoms with E-state index in [1.54, 1.807) is 0 Å². The minimum atomic E-state index is -0.251. The summed E-state index contributed by atoms with van der Waals surface area (Å²) in [6.07, 6.45) is 6.39. The van der Waals surface area contributed by atoms with Gasteiger partial charge >= 0.3 is 0 Å². The van der Waals surface area contributed by atoms with Crippen molar-refractivity contribution in [2.75, 3.05) is 0 Å². The van der Waals surface area contributed by atoms with Crippen molar-refractivity contribution in [1.29, 1.82) is 0 Å². The van der Waals surface area contributed by atoms with Gasteiger partial charge < -0.3 is 4.74 Å². The fourth-order valence-electron chi connectivity index (χ4n) is 2.02. The maximum absolute atomic E-state index is 6.23. The molecule has 1 aliphatic heterocycles. The number of thioether (sulfide) groups is 1. The quantitative estimate of drug-likeness (QED) is 0.690. The van der Waals surface area contributed by atoms with Crippen molar-refractivity contribution in [2.24, 2.45) is 0 Å². The van der Waals surface area contributed by atoms with E-state index in [2.05, 4.69) is 71.0 Å². The van der Waals surface area contributed by atoms with Crippen molar-refractivity contribution in [3.63, 3.8) is 0 Å². The highest BCUT2D eigenvalue weighted by Crippen LogP contribution is 2.44. The highest BCUT2D eigenvalue weighted by atomic mass is 32.2. The molecular formula is C17H22OS. The third kappa shape index (κ3) is 3.24. The molecule has 0 aromatic heterocycles. The topological polar surface area (TPSA) is 9.23 Å². The van der Waals surface area contributed by atoms with E-state index in [1.807, 2.05) is 11.8 Å². The molecule has 2 atom stereocenters. The predicted octanol–water partition coefficient (Wildman–Crippen LogP) is 5.15. The summed E-state index contributed by atoms with van der Waals surface area (Å²) in [6, 6.07) is 6.39. The summed E-state index contributed by atoms with van der Waals surface area (Å²) in [7, 11) is 0. The van der Waals surface area contributed by atoms with Gasteiger partial charge in [-0.2, -0.15) is 0 Å². The van der Waals surface area contributed by atoms with Crippen LogP contribution in [-0.4, -0.2) is 10.9 Å². The highest BCUT2D eigenvalue weighted by Gasteiger charge is 2.36. The average molecular weight is 274 g/mol. The zero-order valence-electron chi connectivity index (χ0n) is 12.4. The molecule has 1 aromatic carbocycles. The molecule has 0 unspecified atom stereocenters. The first-order valence-corrected chi connectivity index (χ1v) is 7.58. The number of benzene rings is 1. The molecule has 1 heterocycles. The summed E-state index contributed by atoms with van der Waals surface area (Å²) in [5, 5.41) is 0.392. The lowest BCUT2D eigenvalue weighted by Gasteiger charge is -2.38. The van der Waals surface area contributed by atoms with Gasteiger partial charge in [0, 0.05) is 0 Å². The largest absolute Gasteiger partial charge is 0.481 e. The molecule has 1 nitrogen and oxygen atoms in total. The molecule has 0 saturated carbocycles. The van der Waals surface area contributed by atoms with Crippen LogP contribution >= 0.6 is 11.8 Å². The van der Waals surface area contributed by atoms with Crippen LogP contribution in [0.2, 0.25) is 0 Å². The molecule has 1 aromatic rings. The summed E-state index contributed by atoms with van der Waals surface area (Å²) in [6.45, 7) is 10.7. The van der Waals surface area contributed by atoms with Crippen molar-refractivity contribution < 1.29 is 4.74 Å².